The van der Waals surface area contributed by atoms with E-state index in [2.05, 4.69) is 19.2 Å². The van der Waals surface area contributed by atoms with Crippen LogP contribution >= 0.6 is 0 Å². The third-order valence-electron chi connectivity index (χ3n) is 16.8. The number of aliphatic hydroxyl groups excluding tert-OH is 2. The summed E-state index contributed by atoms with van der Waals surface area (Å²) in [5, 5.41) is 23.3. The summed E-state index contributed by atoms with van der Waals surface area (Å²) in [6.45, 7) is 4.95. The van der Waals surface area contributed by atoms with Crippen molar-refractivity contribution in [1.82, 2.24) is 5.32 Å². The zero-order valence-corrected chi connectivity index (χ0v) is 52.5. The van der Waals surface area contributed by atoms with E-state index in [-0.39, 0.29) is 18.5 Å². The van der Waals surface area contributed by atoms with E-state index >= 15 is 0 Å². The molecule has 0 fully saturated rings. The van der Waals surface area contributed by atoms with Crippen molar-refractivity contribution in [3.63, 3.8) is 0 Å². The van der Waals surface area contributed by atoms with Gasteiger partial charge < -0.3 is 20.3 Å². The second kappa shape index (κ2) is 67.1. The number of hydrogen-bond donors (Lipinski definition) is 3. The lowest BCUT2D eigenvalue weighted by Gasteiger charge is -2.20. The average molecular weight is 1090 g/mol. The fraction of sp³-hybridized carbons (Fsp3) is 0.944. The number of allylic oxidation sites excluding steroid dienone is 1. The quantitative estimate of drug-likeness (QED) is 0.0320. The Balaban J connectivity index is 3.37. The normalized spacial score (nSPS) is 12.5. The second-order valence-electron chi connectivity index (χ2n) is 24.6. The standard InChI is InChI=1S/C71H139NO5/c1-3-5-7-9-11-13-15-16-17-18-19-28-31-34-37-40-44-47-51-55-59-63-69(74)68(67-73)72-70(75)64-60-56-52-48-45-41-38-35-32-29-26-24-22-20-21-23-25-27-30-33-36-39-42-46-50-54-58-62-66-77-71(76)65-61-57-53-49-43-14-12-10-8-6-4-2/h59,63,68-69,73-74H,3-58,60-62,64-67H2,1-2H3,(H,72,75)/b63-59+. The number of rotatable bonds is 67. The molecule has 2 atom stereocenters. The molecule has 0 radical (unpaired) electrons. The van der Waals surface area contributed by atoms with E-state index in [1.54, 1.807) is 6.08 Å². The number of nitrogens with one attached hydrogen (secondary N) is 1. The molecule has 458 valence electrons. The first kappa shape index (κ1) is 75.6. The number of carbonyl (C=O) groups is 2. The first-order valence-electron chi connectivity index (χ1n) is 35.5. The van der Waals surface area contributed by atoms with Crippen LogP contribution in [-0.4, -0.2) is 47.4 Å². The molecular formula is C71H139NO5. The molecule has 0 aliphatic heterocycles. The Hall–Kier alpha value is -1.40. The molecule has 1 amide bonds. The molecule has 0 aromatic heterocycles. The highest BCUT2D eigenvalue weighted by Crippen LogP contribution is 2.19. The minimum absolute atomic E-state index is 0.0190. The molecule has 0 aliphatic carbocycles. The lowest BCUT2D eigenvalue weighted by Crippen LogP contribution is -2.45. The zero-order valence-electron chi connectivity index (χ0n) is 52.5. The molecule has 0 heterocycles. The van der Waals surface area contributed by atoms with Gasteiger partial charge in [-0.1, -0.05) is 373 Å². The van der Waals surface area contributed by atoms with Crippen LogP contribution in [0.4, 0.5) is 0 Å². The van der Waals surface area contributed by atoms with Crippen molar-refractivity contribution in [2.45, 2.75) is 418 Å². The molecular weight excluding hydrogens is 947 g/mol. The Morgan fingerprint density at radius 1 is 0.351 bits per heavy atom. The first-order valence-corrected chi connectivity index (χ1v) is 35.5. The minimum atomic E-state index is -0.842. The van der Waals surface area contributed by atoms with Crippen LogP contribution in [0.15, 0.2) is 12.2 Å². The van der Waals surface area contributed by atoms with Gasteiger partial charge in [0.15, 0.2) is 0 Å². The van der Waals surface area contributed by atoms with Crippen LogP contribution in [0.1, 0.15) is 406 Å². The van der Waals surface area contributed by atoms with Gasteiger partial charge in [0.05, 0.1) is 25.4 Å². The topological polar surface area (TPSA) is 95.9 Å². The second-order valence-corrected chi connectivity index (χ2v) is 24.6. The monoisotopic (exact) mass is 1090 g/mol. The summed E-state index contributed by atoms with van der Waals surface area (Å²) in [6, 6.07) is -0.625. The SMILES string of the molecule is CCCCCCCCCCCCCCCCCCCCC/C=C/C(O)C(CO)NC(=O)CCCCCCCCCCCCCCCCCCCCCCCCCCCCCCOC(=O)CCCCCCCCCCCCC. The minimum Gasteiger partial charge on any atom is -0.466 e. The lowest BCUT2D eigenvalue weighted by molar-refractivity contribution is -0.143. The molecule has 0 bridgehead atoms. The summed E-state index contributed by atoms with van der Waals surface area (Å²) >= 11 is 0. The van der Waals surface area contributed by atoms with Crippen LogP contribution in [0, 0.1) is 0 Å². The van der Waals surface area contributed by atoms with Gasteiger partial charge in [-0.3, -0.25) is 9.59 Å². The van der Waals surface area contributed by atoms with Crippen molar-refractivity contribution < 1.29 is 24.5 Å². The zero-order chi connectivity index (χ0) is 55.7. The molecule has 0 aliphatic rings. The molecule has 0 aromatic rings. The fourth-order valence-corrected chi connectivity index (χ4v) is 11.4. The van der Waals surface area contributed by atoms with Gasteiger partial charge in [-0.05, 0) is 32.1 Å². The number of esters is 1. The Morgan fingerprint density at radius 2 is 0.597 bits per heavy atom. The van der Waals surface area contributed by atoms with Crippen LogP contribution in [0.5, 0.6) is 0 Å². The maximum absolute atomic E-state index is 12.5. The van der Waals surface area contributed by atoms with Gasteiger partial charge in [0.1, 0.15) is 0 Å². The molecule has 0 rings (SSSR count). The predicted octanol–water partition coefficient (Wildman–Crippen LogP) is 22.8. The Morgan fingerprint density at radius 3 is 0.883 bits per heavy atom. The van der Waals surface area contributed by atoms with Crippen LogP contribution in [0.25, 0.3) is 0 Å². The molecule has 0 saturated heterocycles. The Labute approximate surface area is 482 Å². The third kappa shape index (κ3) is 63.6. The number of amides is 1. The van der Waals surface area contributed by atoms with Crippen LogP contribution in [0.3, 0.4) is 0 Å². The van der Waals surface area contributed by atoms with Crippen molar-refractivity contribution >= 4 is 11.9 Å². The molecule has 3 N–H and O–H groups in total. The average Bonchev–Trinajstić information content (AvgIpc) is 3.43. The van der Waals surface area contributed by atoms with Gasteiger partial charge >= 0.3 is 5.97 Å². The third-order valence-corrected chi connectivity index (χ3v) is 16.8. The summed E-state index contributed by atoms with van der Waals surface area (Å²) in [5.74, 6) is -0.0411. The highest BCUT2D eigenvalue weighted by Gasteiger charge is 2.18. The predicted molar refractivity (Wildman–Crippen MR) is 338 cm³/mol. The van der Waals surface area contributed by atoms with E-state index in [1.165, 1.54) is 340 Å². The summed E-state index contributed by atoms with van der Waals surface area (Å²) in [7, 11) is 0. The number of carbonyl (C=O) groups excluding carboxylic acids is 2. The first-order chi connectivity index (χ1) is 38.0. The number of unbranched alkanes of at least 4 members (excludes halogenated alkanes) is 56. The molecule has 0 spiro atoms. The Bertz CT molecular complexity index is 1160. The largest absolute Gasteiger partial charge is 0.466 e. The van der Waals surface area contributed by atoms with E-state index in [0.29, 0.717) is 19.4 Å². The van der Waals surface area contributed by atoms with Gasteiger partial charge in [-0.2, -0.15) is 0 Å². The van der Waals surface area contributed by atoms with Crippen molar-refractivity contribution in [2.75, 3.05) is 13.2 Å². The molecule has 2 unspecified atom stereocenters. The molecule has 6 heteroatoms. The van der Waals surface area contributed by atoms with E-state index in [0.717, 1.165) is 38.5 Å². The van der Waals surface area contributed by atoms with Gasteiger partial charge in [-0.25, -0.2) is 0 Å². The van der Waals surface area contributed by atoms with Gasteiger partial charge in [-0.15, -0.1) is 0 Å². The summed E-state index contributed by atoms with van der Waals surface area (Å²) < 4.78 is 5.48. The molecule has 77 heavy (non-hydrogen) atoms. The summed E-state index contributed by atoms with van der Waals surface area (Å²) in [4.78, 5) is 24.5. The Kier molecular flexibility index (Phi) is 65.9. The van der Waals surface area contributed by atoms with E-state index < -0.39 is 12.1 Å². The molecule has 0 saturated carbocycles. The smallest absolute Gasteiger partial charge is 0.305 e. The van der Waals surface area contributed by atoms with Gasteiger partial charge in [0.25, 0.3) is 0 Å². The van der Waals surface area contributed by atoms with Crippen LogP contribution < -0.4 is 5.32 Å². The van der Waals surface area contributed by atoms with E-state index in [9.17, 15) is 19.8 Å². The van der Waals surface area contributed by atoms with Gasteiger partial charge in [0.2, 0.25) is 5.91 Å². The number of ether oxygens (including phenoxy) is 1. The van der Waals surface area contributed by atoms with Crippen molar-refractivity contribution in [2.24, 2.45) is 0 Å². The van der Waals surface area contributed by atoms with Crippen LogP contribution in [0.2, 0.25) is 0 Å². The highest BCUT2D eigenvalue weighted by molar-refractivity contribution is 5.76. The van der Waals surface area contributed by atoms with Crippen molar-refractivity contribution in [3.05, 3.63) is 12.2 Å². The summed E-state index contributed by atoms with van der Waals surface area (Å²) in [5.41, 5.74) is 0. The van der Waals surface area contributed by atoms with E-state index in [4.69, 9.17) is 4.74 Å². The summed E-state index contributed by atoms with van der Waals surface area (Å²) in [6.07, 6.45) is 83.0. The maximum Gasteiger partial charge on any atom is 0.305 e. The highest BCUT2D eigenvalue weighted by atomic mass is 16.5. The van der Waals surface area contributed by atoms with Crippen molar-refractivity contribution in [3.8, 4) is 0 Å². The fourth-order valence-electron chi connectivity index (χ4n) is 11.4. The number of hydrogen-bond acceptors (Lipinski definition) is 5. The van der Waals surface area contributed by atoms with Crippen molar-refractivity contribution in [1.29, 1.82) is 0 Å². The molecule has 0 aromatic carbocycles. The van der Waals surface area contributed by atoms with E-state index in [1.807, 2.05) is 6.08 Å². The maximum atomic E-state index is 12.5. The van der Waals surface area contributed by atoms with Crippen LogP contribution in [-0.2, 0) is 14.3 Å². The lowest BCUT2D eigenvalue weighted by atomic mass is 10.0. The molecule has 6 nitrogen and oxygen atoms in total. The number of aliphatic hydroxyl groups is 2. The van der Waals surface area contributed by atoms with Gasteiger partial charge in [0, 0.05) is 12.8 Å².